The van der Waals surface area contributed by atoms with Crippen molar-refractivity contribution in [1.29, 1.82) is 0 Å². The third-order valence-corrected chi connectivity index (χ3v) is 2.04. The smallest absolute Gasteiger partial charge is 0.128 e. The van der Waals surface area contributed by atoms with Crippen LogP contribution < -0.4 is 5.32 Å². The molecule has 0 aliphatic carbocycles. The normalized spacial score (nSPS) is 16.2. The fourth-order valence-electron chi connectivity index (χ4n) is 1.35. The number of amidine groups is 1. The summed E-state index contributed by atoms with van der Waals surface area (Å²) in [5.41, 5.74) is 1.04. The van der Waals surface area contributed by atoms with Gasteiger partial charge in [-0.2, -0.15) is 0 Å². The molecule has 3 heteroatoms. The molecule has 3 nitrogen and oxygen atoms in total. The van der Waals surface area contributed by atoms with Gasteiger partial charge in [-0.1, -0.05) is 0 Å². The first-order valence-electron chi connectivity index (χ1n) is 4.44. The Labute approximate surface area is 77.1 Å². The quantitative estimate of drug-likeness (QED) is 0.673. The molecular weight excluding hydrogens is 164 g/mol. The minimum absolute atomic E-state index is 0.292. The SMILES string of the molecule is Oc1ccc(C2=NCCCN2)cc1. The van der Waals surface area contributed by atoms with Gasteiger partial charge in [0, 0.05) is 18.7 Å². The molecule has 0 saturated heterocycles. The molecule has 1 aromatic carbocycles. The molecule has 0 radical (unpaired) electrons. The molecule has 1 aliphatic heterocycles. The fraction of sp³-hybridized carbons (Fsp3) is 0.300. The van der Waals surface area contributed by atoms with Crippen LogP contribution in [-0.4, -0.2) is 24.0 Å². The van der Waals surface area contributed by atoms with Gasteiger partial charge in [0.05, 0.1) is 0 Å². The minimum Gasteiger partial charge on any atom is -0.508 e. The standard InChI is InChI=1S/C10H12N2O/c13-9-4-2-8(3-5-9)10-11-6-1-7-12-10/h2-5,13H,1,6-7H2,(H,11,12). The number of hydrogen-bond acceptors (Lipinski definition) is 3. The van der Waals surface area contributed by atoms with Gasteiger partial charge < -0.3 is 10.4 Å². The van der Waals surface area contributed by atoms with Crippen LogP contribution in [0.2, 0.25) is 0 Å². The molecule has 1 aromatic rings. The molecule has 0 unspecified atom stereocenters. The minimum atomic E-state index is 0.292. The van der Waals surface area contributed by atoms with Crippen LogP contribution in [0.5, 0.6) is 5.75 Å². The van der Waals surface area contributed by atoms with Crippen LogP contribution in [-0.2, 0) is 0 Å². The summed E-state index contributed by atoms with van der Waals surface area (Å²) in [5, 5.41) is 12.3. The number of nitrogens with zero attached hydrogens (tertiary/aromatic N) is 1. The summed E-state index contributed by atoms with van der Waals surface area (Å²) >= 11 is 0. The average molecular weight is 176 g/mol. The summed E-state index contributed by atoms with van der Waals surface area (Å²) < 4.78 is 0. The van der Waals surface area contributed by atoms with Gasteiger partial charge in [-0.25, -0.2) is 0 Å². The second-order valence-corrected chi connectivity index (χ2v) is 3.06. The van der Waals surface area contributed by atoms with Crippen LogP contribution >= 0.6 is 0 Å². The van der Waals surface area contributed by atoms with Gasteiger partial charge in [0.15, 0.2) is 0 Å². The zero-order valence-electron chi connectivity index (χ0n) is 7.33. The maximum absolute atomic E-state index is 9.09. The number of benzene rings is 1. The van der Waals surface area contributed by atoms with Crippen molar-refractivity contribution in [3.63, 3.8) is 0 Å². The number of rotatable bonds is 1. The lowest BCUT2D eigenvalue weighted by molar-refractivity contribution is 0.475. The van der Waals surface area contributed by atoms with Crippen LogP contribution in [0.4, 0.5) is 0 Å². The second kappa shape index (κ2) is 3.47. The third kappa shape index (κ3) is 1.80. The molecule has 0 fully saturated rings. The van der Waals surface area contributed by atoms with Crippen molar-refractivity contribution in [3.8, 4) is 5.75 Å². The molecule has 2 rings (SSSR count). The first-order chi connectivity index (χ1) is 6.36. The van der Waals surface area contributed by atoms with Crippen molar-refractivity contribution in [2.45, 2.75) is 6.42 Å². The molecule has 13 heavy (non-hydrogen) atoms. The lowest BCUT2D eigenvalue weighted by atomic mass is 10.2. The van der Waals surface area contributed by atoms with Crippen LogP contribution in [0, 0.1) is 0 Å². The highest BCUT2D eigenvalue weighted by Crippen LogP contribution is 2.10. The summed E-state index contributed by atoms with van der Waals surface area (Å²) in [4.78, 5) is 4.35. The molecule has 2 N–H and O–H groups in total. The molecular formula is C10H12N2O. The topological polar surface area (TPSA) is 44.6 Å². The summed E-state index contributed by atoms with van der Waals surface area (Å²) in [5.74, 6) is 1.23. The molecule has 0 bridgehead atoms. The van der Waals surface area contributed by atoms with Crippen LogP contribution in [0.3, 0.4) is 0 Å². The Kier molecular flexibility index (Phi) is 2.17. The molecule has 0 saturated carbocycles. The van der Waals surface area contributed by atoms with E-state index in [1.54, 1.807) is 12.1 Å². The molecule has 0 amide bonds. The van der Waals surface area contributed by atoms with E-state index in [0.717, 1.165) is 30.9 Å². The summed E-state index contributed by atoms with van der Waals surface area (Å²) in [7, 11) is 0. The second-order valence-electron chi connectivity index (χ2n) is 3.06. The number of aromatic hydroxyl groups is 1. The highest BCUT2D eigenvalue weighted by Gasteiger charge is 2.05. The maximum Gasteiger partial charge on any atom is 0.128 e. The third-order valence-electron chi connectivity index (χ3n) is 2.04. The molecule has 0 atom stereocenters. The van der Waals surface area contributed by atoms with Crippen molar-refractivity contribution in [1.82, 2.24) is 5.32 Å². The Morgan fingerprint density at radius 2 is 2.00 bits per heavy atom. The van der Waals surface area contributed by atoms with E-state index in [0.29, 0.717) is 5.75 Å². The van der Waals surface area contributed by atoms with E-state index in [1.807, 2.05) is 12.1 Å². The van der Waals surface area contributed by atoms with Crippen molar-refractivity contribution >= 4 is 5.84 Å². The predicted molar refractivity (Wildman–Crippen MR) is 52.1 cm³/mol. The van der Waals surface area contributed by atoms with E-state index in [4.69, 9.17) is 5.11 Å². The average Bonchev–Trinajstić information content (AvgIpc) is 2.20. The molecule has 0 spiro atoms. The van der Waals surface area contributed by atoms with Gasteiger partial charge >= 0.3 is 0 Å². The zero-order chi connectivity index (χ0) is 9.10. The molecule has 0 aromatic heterocycles. The lowest BCUT2D eigenvalue weighted by Gasteiger charge is -2.14. The van der Waals surface area contributed by atoms with Gasteiger partial charge in [-0.3, -0.25) is 4.99 Å². The number of nitrogens with one attached hydrogen (secondary N) is 1. The number of hydrogen-bond donors (Lipinski definition) is 2. The van der Waals surface area contributed by atoms with Crippen molar-refractivity contribution in [2.75, 3.05) is 13.1 Å². The van der Waals surface area contributed by atoms with E-state index in [9.17, 15) is 0 Å². The van der Waals surface area contributed by atoms with Crippen LogP contribution in [0.15, 0.2) is 29.3 Å². The largest absolute Gasteiger partial charge is 0.508 e. The highest BCUT2D eigenvalue weighted by atomic mass is 16.3. The Hall–Kier alpha value is -1.51. The molecule has 68 valence electrons. The van der Waals surface area contributed by atoms with Crippen molar-refractivity contribution in [3.05, 3.63) is 29.8 Å². The van der Waals surface area contributed by atoms with Gasteiger partial charge in [0.25, 0.3) is 0 Å². The Morgan fingerprint density at radius 1 is 1.23 bits per heavy atom. The summed E-state index contributed by atoms with van der Waals surface area (Å²) in [6.07, 6.45) is 1.10. The maximum atomic E-state index is 9.09. The number of phenols is 1. The van der Waals surface area contributed by atoms with E-state index >= 15 is 0 Å². The zero-order valence-corrected chi connectivity index (χ0v) is 7.33. The molecule has 1 heterocycles. The van der Waals surface area contributed by atoms with Gasteiger partial charge in [-0.15, -0.1) is 0 Å². The first-order valence-corrected chi connectivity index (χ1v) is 4.44. The predicted octanol–water partition coefficient (Wildman–Crippen LogP) is 1.13. The van der Waals surface area contributed by atoms with Gasteiger partial charge in [0.1, 0.15) is 11.6 Å². The van der Waals surface area contributed by atoms with Crippen LogP contribution in [0.1, 0.15) is 12.0 Å². The van der Waals surface area contributed by atoms with Crippen molar-refractivity contribution < 1.29 is 5.11 Å². The Bertz CT molecular complexity index is 316. The van der Waals surface area contributed by atoms with E-state index in [-0.39, 0.29) is 0 Å². The lowest BCUT2D eigenvalue weighted by Crippen LogP contribution is -2.29. The fourth-order valence-corrected chi connectivity index (χ4v) is 1.35. The van der Waals surface area contributed by atoms with Gasteiger partial charge in [-0.05, 0) is 30.7 Å². The van der Waals surface area contributed by atoms with E-state index in [1.165, 1.54) is 0 Å². The summed E-state index contributed by atoms with van der Waals surface area (Å²) in [6, 6.07) is 7.08. The van der Waals surface area contributed by atoms with E-state index < -0.39 is 0 Å². The first kappa shape index (κ1) is 8.10. The highest BCUT2D eigenvalue weighted by molar-refractivity contribution is 5.99. The Morgan fingerprint density at radius 3 is 2.62 bits per heavy atom. The number of aliphatic imine (C=N–C) groups is 1. The molecule has 1 aliphatic rings. The van der Waals surface area contributed by atoms with Gasteiger partial charge in [0.2, 0.25) is 0 Å². The van der Waals surface area contributed by atoms with Crippen molar-refractivity contribution in [2.24, 2.45) is 4.99 Å². The van der Waals surface area contributed by atoms with E-state index in [2.05, 4.69) is 10.3 Å². The Balaban J connectivity index is 2.24. The monoisotopic (exact) mass is 176 g/mol. The number of phenolic OH excluding ortho intramolecular Hbond substituents is 1. The summed E-state index contributed by atoms with van der Waals surface area (Å²) in [6.45, 7) is 1.88. The van der Waals surface area contributed by atoms with Crippen LogP contribution in [0.25, 0.3) is 0 Å².